The third-order valence-corrected chi connectivity index (χ3v) is 2.16. The highest BCUT2D eigenvalue weighted by Gasteiger charge is 2.32. The van der Waals surface area contributed by atoms with E-state index in [-0.39, 0.29) is 5.92 Å². The summed E-state index contributed by atoms with van der Waals surface area (Å²) in [6.45, 7) is 0.901. The largest absolute Gasteiger partial charge is 0.480 e. The van der Waals surface area contributed by atoms with Crippen molar-refractivity contribution in [3.05, 3.63) is 0 Å². The number of carboxylic acids is 1. The third kappa shape index (κ3) is 2.59. The number of methoxy groups -OCH3 is 1. The van der Waals surface area contributed by atoms with E-state index in [4.69, 9.17) is 9.84 Å². The normalized spacial score (nSPS) is 22.8. The van der Waals surface area contributed by atoms with Gasteiger partial charge >= 0.3 is 12.1 Å². The van der Waals surface area contributed by atoms with Crippen molar-refractivity contribution in [2.75, 3.05) is 20.3 Å². The Morgan fingerprint density at radius 3 is 2.79 bits per heavy atom. The van der Waals surface area contributed by atoms with E-state index in [0.29, 0.717) is 19.6 Å². The van der Waals surface area contributed by atoms with E-state index in [1.54, 1.807) is 0 Å². The number of rotatable bonds is 3. The molecule has 0 radical (unpaired) electrons. The summed E-state index contributed by atoms with van der Waals surface area (Å²) in [4.78, 5) is 21.7. The molecule has 0 aromatic carbocycles. The number of carbonyl (C=O) groups excluding carboxylic acids is 1. The maximum absolute atomic E-state index is 10.8. The van der Waals surface area contributed by atoms with Gasteiger partial charge in [0.1, 0.15) is 6.04 Å². The molecule has 80 valence electrons. The number of nitrogens with one attached hydrogen (secondary N) is 1. The van der Waals surface area contributed by atoms with Crippen molar-refractivity contribution in [3.63, 3.8) is 0 Å². The first-order valence-corrected chi connectivity index (χ1v) is 4.30. The van der Waals surface area contributed by atoms with Crippen molar-refractivity contribution < 1.29 is 24.2 Å². The van der Waals surface area contributed by atoms with Crippen LogP contribution in [-0.4, -0.2) is 43.5 Å². The molecule has 0 bridgehead atoms. The number of ether oxygens (including phenoxy) is 2. The molecule has 6 heteroatoms. The van der Waals surface area contributed by atoms with Gasteiger partial charge in [0.05, 0.1) is 13.7 Å². The number of alkyl carbamates (subject to hydrolysis) is 1. The molecule has 14 heavy (non-hydrogen) atoms. The van der Waals surface area contributed by atoms with Gasteiger partial charge in [0, 0.05) is 12.5 Å². The summed E-state index contributed by atoms with van der Waals surface area (Å²) < 4.78 is 9.38. The minimum Gasteiger partial charge on any atom is -0.480 e. The Morgan fingerprint density at radius 1 is 1.64 bits per heavy atom. The molecule has 1 fully saturated rings. The number of carbonyl (C=O) groups is 2. The maximum Gasteiger partial charge on any atom is 0.407 e. The van der Waals surface area contributed by atoms with Gasteiger partial charge in [-0.1, -0.05) is 0 Å². The topological polar surface area (TPSA) is 84.9 Å². The van der Waals surface area contributed by atoms with Crippen LogP contribution in [0.1, 0.15) is 6.42 Å². The molecule has 1 heterocycles. The van der Waals surface area contributed by atoms with Gasteiger partial charge in [0.25, 0.3) is 0 Å². The van der Waals surface area contributed by atoms with E-state index in [1.165, 1.54) is 7.11 Å². The molecule has 2 N–H and O–H groups in total. The molecular weight excluding hydrogens is 190 g/mol. The Balaban J connectivity index is 2.54. The van der Waals surface area contributed by atoms with Gasteiger partial charge in [-0.05, 0) is 6.42 Å². The Morgan fingerprint density at radius 2 is 2.36 bits per heavy atom. The van der Waals surface area contributed by atoms with Crippen LogP contribution in [0, 0.1) is 5.92 Å². The highest BCUT2D eigenvalue weighted by Crippen LogP contribution is 2.16. The highest BCUT2D eigenvalue weighted by atomic mass is 16.5. The smallest absolute Gasteiger partial charge is 0.407 e. The van der Waals surface area contributed by atoms with Crippen molar-refractivity contribution in [3.8, 4) is 0 Å². The van der Waals surface area contributed by atoms with Gasteiger partial charge in [0.2, 0.25) is 0 Å². The summed E-state index contributed by atoms with van der Waals surface area (Å²) in [6, 6.07) is -0.926. The Bertz CT molecular complexity index is 224. The molecule has 0 saturated carbocycles. The lowest BCUT2D eigenvalue weighted by Crippen LogP contribution is -2.46. The number of carboxylic acid groups (broad SMARTS) is 1. The van der Waals surface area contributed by atoms with E-state index in [9.17, 15) is 9.59 Å². The van der Waals surface area contributed by atoms with E-state index in [1.807, 2.05) is 0 Å². The molecule has 2 atom stereocenters. The monoisotopic (exact) mass is 203 g/mol. The van der Waals surface area contributed by atoms with E-state index >= 15 is 0 Å². The molecule has 0 aliphatic carbocycles. The van der Waals surface area contributed by atoms with Crippen LogP contribution in [-0.2, 0) is 14.3 Å². The average molecular weight is 203 g/mol. The zero-order valence-electron chi connectivity index (χ0n) is 7.86. The number of amides is 1. The van der Waals surface area contributed by atoms with Crippen LogP contribution in [0.3, 0.4) is 0 Å². The first-order chi connectivity index (χ1) is 6.65. The Kier molecular flexibility index (Phi) is 3.70. The molecule has 0 aromatic rings. The minimum absolute atomic E-state index is 0.174. The van der Waals surface area contributed by atoms with Crippen LogP contribution >= 0.6 is 0 Å². The molecule has 6 nitrogen and oxygen atoms in total. The van der Waals surface area contributed by atoms with Crippen LogP contribution in [0.5, 0.6) is 0 Å². The second kappa shape index (κ2) is 4.80. The van der Waals surface area contributed by atoms with Gasteiger partial charge in [0.15, 0.2) is 0 Å². The summed E-state index contributed by atoms with van der Waals surface area (Å²) in [5.74, 6) is -1.24. The van der Waals surface area contributed by atoms with Gasteiger partial charge in [-0.2, -0.15) is 0 Å². The first-order valence-electron chi connectivity index (χ1n) is 4.30. The zero-order valence-corrected chi connectivity index (χ0v) is 7.86. The summed E-state index contributed by atoms with van der Waals surface area (Å²) in [7, 11) is 1.19. The summed E-state index contributed by atoms with van der Waals surface area (Å²) in [5.41, 5.74) is 0. The standard InChI is InChI=1S/C8H13NO5/c1-13-8(12)9-6(7(10)11)5-2-3-14-4-5/h5-6H,2-4H2,1H3,(H,9,12)(H,10,11)/t5-,6-/m0/s1. The Labute approximate surface area is 81.2 Å². The van der Waals surface area contributed by atoms with Crippen molar-refractivity contribution in [2.45, 2.75) is 12.5 Å². The summed E-state index contributed by atoms with van der Waals surface area (Å²) >= 11 is 0. The van der Waals surface area contributed by atoms with E-state index in [0.717, 1.165) is 0 Å². The van der Waals surface area contributed by atoms with Crippen LogP contribution in [0.25, 0.3) is 0 Å². The minimum atomic E-state index is -1.06. The van der Waals surface area contributed by atoms with Gasteiger partial charge in [-0.15, -0.1) is 0 Å². The fourth-order valence-electron chi connectivity index (χ4n) is 1.38. The summed E-state index contributed by atoms with van der Waals surface area (Å²) in [6.07, 6.45) is -0.0923. The molecule has 1 aliphatic rings. The quantitative estimate of drug-likeness (QED) is 0.665. The van der Waals surface area contributed by atoms with Gasteiger partial charge < -0.3 is 19.9 Å². The molecule has 0 unspecified atom stereocenters. The van der Waals surface area contributed by atoms with Crippen molar-refractivity contribution in [1.29, 1.82) is 0 Å². The molecular formula is C8H13NO5. The fourth-order valence-corrected chi connectivity index (χ4v) is 1.38. The fraction of sp³-hybridized carbons (Fsp3) is 0.750. The molecule has 1 aliphatic heterocycles. The second-order valence-electron chi connectivity index (χ2n) is 3.08. The highest BCUT2D eigenvalue weighted by molar-refractivity contribution is 5.80. The van der Waals surface area contributed by atoms with Crippen LogP contribution in [0.2, 0.25) is 0 Å². The molecule has 0 spiro atoms. The van der Waals surface area contributed by atoms with Crippen molar-refractivity contribution in [1.82, 2.24) is 5.32 Å². The first kappa shape index (κ1) is 10.8. The maximum atomic E-state index is 10.8. The predicted octanol–water partition coefficient (Wildman–Crippen LogP) is -0.168. The SMILES string of the molecule is COC(=O)N[C@H](C(=O)O)[C@H]1CCOC1. The van der Waals surface area contributed by atoms with Crippen LogP contribution in [0.15, 0.2) is 0 Å². The average Bonchev–Trinajstić information content (AvgIpc) is 2.65. The summed E-state index contributed by atoms with van der Waals surface area (Å²) in [5, 5.41) is 11.1. The number of hydrogen-bond acceptors (Lipinski definition) is 4. The third-order valence-electron chi connectivity index (χ3n) is 2.16. The van der Waals surface area contributed by atoms with Gasteiger partial charge in [-0.3, -0.25) is 0 Å². The Hall–Kier alpha value is -1.30. The van der Waals surface area contributed by atoms with E-state index in [2.05, 4.69) is 10.1 Å². The second-order valence-corrected chi connectivity index (χ2v) is 3.08. The lowest BCUT2D eigenvalue weighted by molar-refractivity contribution is -0.140. The van der Waals surface area contributed by atoms with Crippen LogP contribution < -0.4 is 5.32 Å². The number of hydrogen-bond donors (Lipinski definition) is 2. The predicted molar refractivity (Wildman–Crippen MR) is 45.9 cm³/mol. The molecule has 1 saturated heterocycles. The lowest BCUT2D eigenvalue weighted by atomic mass is 9.99. The van der Waals surface area contributed by atoms with Crippen molar-refractivity contribution in [2.24, 2.45) is 5.92 Å². The number of aliphatic carboxylic acids is 1. The van der Waals surface area contributed by atoms with E-state index < -0.39 is 18.1 Å². The zero-order chi connectivity index (χ0) is 10.6. The lowest BCUT2D eigenvalue weighted by Gasteiger charge is -2.18. The molecule has 1 rings (SSSR count). The van der Waals surface area contributed by atoms with Crippen LogP contribution in [0.4, 0.5) is 4.79 Å². The molecule has 1 amide bonds. The van der Waals surface area contributed by atoms with Gasteiger partial charge in [-0.25, -0.2) is 9.59 Å². The molecule has 0 aromatic heterocycles. The van der Waals surface area contributed by atoms with Crippen molar-refractivity contribution >= 4 is 12.1 Å².